The maximum absolute atomic E-state index is 12.2. The number of aromatic nitrogens is 2. The van der Waals surface area contributed by atoms with Gasteiger partial charge in [-0.05, 0) is 38.5 Å². The van der Waals surface area contributed by atoms with Crippen molar-refractivity contribution in [3.63, 3.8) is 0 Å². The Bertz CT molecular complexity index is 557. The summed E-state index contributed by atoms with van der Waals surface area (Å²) in [4.78, 5) is 14.7. The number of nitrogens with one attached hydrogen (secondary N) is 2. The van der Waals surface area contributed by atoms with Gasteiger partial charge in [-0.2, -0.15) is 5.10 Å². The lowest BCUT2D eigenvalue weighted by Crippen LogP contribution is -2.46. The van der Waals surface area contributed by atoms with E-state index in [9.17, 15) is 4.79 Å². The standard InChI is InChI=1S/C17H27N5O2/c23-17(19-13-5-7-21(8-6-13)15-3-4-15)20-14-10-18-22(11-14)12-16-2-1-9-24-16/h10-11,13,15-16H,1-9,12H2,(H2,19,20,23). The Balaban J connectivity index is 1.20. The molecule has 3 fully saturated rings. The minimum Gasteiger partial charge on any atom is -0.376 e. The van der Waals surface area contributed by atoms with Gasteiger partial charge in [-0.3, -0.25) is 4.68 Å². The second-order valence-corrected chi connectivity index (χ2v) is 7.23. The third kappa shape index (κ3) is 4.08. The fraction of sp³-hybridized carbons (Fsp3) is 0.765. The third-order valence-electron chi connectivity index (χ3n) is 5.23. The van der Waals surface area contributed by atoms with Crippen molar-refractivity contribution in [1.82, 2.24) is 20.0 Å². The van der Waals surface area contributed by atoms with Crippen molar-refractivity contribution in [1.29, 1.82) is 0 Å². The second kappa shape index (κ2) is 7.11. The Labute approximate surface area is 142 Å². The van der Waals surface area contributed by atoms with Crippen LogP contribution in [0.2, 0.25) is 0 Å². The summed E-state index contributed by atoms with van der Waals surface area (Å²) < 4.78 is 7.46. The monoisotopic (exact) mass is 333 g/mol. The molecule has 1 atom stereocenters. The van der Waals surface area contributed by atoms with Gasteiger partial charge >= 0.3 is 6.03 Å². The first-order chi connectivity index (χ1) is 11.8. The molecule has 24 heavy (non-hydrogen) atoms. The van der Waals surface area contributed by atoms with E-state index in [1.54, 1.807) is 6.20 Å². The Morgan fingerprint density at radius 3 is 2.79 bits per heavy atom. The molecule has 1 unspecified atom stereocenters. The topological polar surface area (TPSA) is 71.4 Å². The highest BCUT2D eigenvalue weighted by atomic mass is 16.5. The minimum atomic E-state index is -0.128. The fourth-order valence-corrected chi connectivity index (χ4v) is 3.73. The number of ether oxygens (including phenoxy) is 1. The molecule has 0 radical (unpaired) electrons. The number of carbonyl (C=O) groups is 1. The summed E-state index contributed by atoms with van der Waals surface area (Å²) in [5.41, 5.74) is 0.737. The van der Waals surface area contributed by atoms with Gasteiger partial charge in [0.15, 0.2) is 0 Å². The van der Waals surface area contributed by atoms with Crippen LogP contribution >= 0.6 is 0 Å². The van der Waals surface area contributed by atoms with Crippen molar-refractivity contribution >= 4 is 11.7 Å². The first-order valence-corrected chi connectivity index (χ1v) is 9.22. The summed E-state index contributed by atoms with van der Waals surface area (Å²) in [5, 5.41) is 10.3. The van der Waals surface area contributed by atoms with Crippen LogP contribution in [0.15, 0.2) is 12.4 Å². The predicted molar refractivity (Wildman–Crippen MR) is 91.0 cm³/mol. The summed E-state index contributed by atoms with van der Waals surface area (Å²) in [7, 11) is 0. The summed E-state index contributed by atoms with van der Waals surface area (Å²) in [6.45, 7) is 3.81. The zero-order valence-corrected chi connectivity index (χ0v) is 14.1. The highest BCUT2D eigenvalue weighted by molar-refractivity contribution is 5.89. The summed E-state index contributed by atoms with van der Waals surface area (Å²) in [6, 6.07) is 0.980. The number of anilines is 1. The van der Waals surface area contributed by atoms with Crippen molar-refractivity contribution in [3.05, 3.63) is 12.4 Å². The number of urea groups is 1. The van der Waals surface area contributed by atoms with E-state index in [1.165, 1.54) is 12.8 Å². The molecule has 1 aromatic heterocycles. The quantitative estimate of drug-likeness (QED) is 0.862. The minimum absolute atomic E-state index is 0.128. The van der Waals surface area contributed by atoms with Crippen molar-refractivity contribution < 1.29 is 9.53 Å². The van der Waals surface area contributed by atoms with Crippen LogP contribution in [-0.4, -0.2) is 58.6 Å². The molecule has 7 heteroatoms. The van der Waals surface area contributed by atoms with E-state index in [0.29, 0.717) is 0 Å². The van der Waals surface area contributed by atoms with E-state index in [1.807, 2.05) is 10.9 Å². The summed E-state index contributed by atoms with van der Waals surface area (Å²) in [5.74, 6) is 0. The van der Waals surface area contributed by atoms with Crippen LogP contribution in [0, 0.1) is 0 Å². The number of amides is 2. The molecule has 0 aromatic carbocycles. The lowest BCUT2D eigenvalue weighted by molar-refractivity contribution is 0.0940. The van der Waals surface area contributed by atoms with Crippen molar-refractivity contribution in [3.8, 4) is 0 Å². The van der Waals surface area contributed by atoms with E-state index in [4.69, 9.17) is 4.74 Å². The third-order valence-corrected chi connectivity index (χ3v) is 5.23. The van der Waals surface area contributed by atoms with Gasteiger partial charge in [0.2, 0.25) is 0 Å². The molecule has 0 bridgehead atoms. The van der Waals surface area contributed by atoms with Crippen LogP contribution in [0.5, 0.6) is 0 Å². The number of hydrogen-bond acceptors (Lipinski definition) is 4. The Kier molecular flexibility index (Phi) is 4.71. The van der Waals surface area contributed by atoms with Gasteiger partial charge in [-0.15, -0.1) is 0 Å². The zero-order valence-electron chi connectivity index (χ0n) is 14.1. The van der Waals surface area contributed by atoms with Crippen LogP contribution in [0.3, 0.4) is 0 Å². The molecule has 1 aliphatic carbocycles. The summed E-state index contributed by atoms with van der Waals surface area (Å²) in [6.07, 6.45) is 10.8. The van der Waals surface area contributed by atoms with E-state index in [0.717, 1.165) is 63.7 Å². The normalized spacial score (nSPS) is 25.8. The average Bonchev–Trinajstić information content (AvgIpc) is 3.13. The van der Waals surface area contributed by atoms with Gasteiger partial charge in [0.1, 0.15) is 0 Å². The first-order valence-electron chi connectivity index (χ1n) is 9.22. The molecule has 4 rings (SSSR count). The largest absolute Gasteiger partial charge is 0.376 e. The van der Waals surface area contributed by atoms with Crippen LogP contribution in [-0.2, 0) is 11.3 Å². The van der Waals surface area contributed by atoms with Gasteiger partial charge in [-0.25, -0.2) is 4.79 Å². The van der Waals surface area contributed by atoms with E-state index in [2.05, 4.69) is 20.6 Å². The van der Waals surface area contributed by atoms with Crippen LogP contribution < -0.4 is 10.6 Å². The SMILES string of the molecule is O=C(Nc1cnn(CC2CCCO2)c1)NC1CCN(C2CC2)CC1. The average molecular weight is 333 g/mol. The molecule has 3 heterocycles. The number of carbonyl (C=O) groups excluding carboxylic acids is 1. The molecule has 0 spiro atoms. The number of piperidine rings is 1. The smallest absolute Gasteiger partial charge is 0.319 e. The van der Waals surface area contributed by atoms with Gasteiger partial charge in [-0.1, -0.05) is 0 Å². The maximum Gasteiger partial charge on any atom is 0.319 e. The number of hydrogen-bond donors (Lipinski definition) is 2. The Morgan fingerprint density at radius 1 is 1.25 bits per heavy atom. The fourth-order valence-electron chi connectivity index (χ4n) is 3.73. The van der Waals surface area contributed by atoms with Gasteiger partial charge in [0.05, 0.1) is 24.5 Å². The van der Waals surface area contributed by atoms with Crippen molar-refractivity contribution in [2.45, 2.75) is 63.3 Å². The lowest BCUT2D eigenvalue weighted by Gasteiger charge is -2.32. The molecule has 7 nitrogen and oxygen atoms in total. The lowest BCUT2D eigenvalue weighted by atomic mass is 10.1. The highest BCUT2D eigenvalue weighted by Crippen LogP contribution is 2.29. The van der Waals surface area contributed by atoms with Gasteiger partial charge in [0, 0.05) is 38.0 Å². The Morgan fingerprint density at radius 2 is 2.08 bits per heavy atom. The first kappa shape index (κ1) is 15.9. The number of nitrogens with zero attached hydrogens (tertiary/aromatic N) is 3. The van der Waals surface area contributed by atoms with Gasteiger partial charge < -0.3 is 20.3 Å². The van der Waals surface area contributed by atoms with Crippen LogP contribution in [0.1, 0.15) is 38.5 Å². The maximum atomic E-state index is 12.2. The predicted octanol–water partition coefficient (Wildman–Crippen LogP) is 1.81. The molecule has 3 aliphatic rings. The number of rotatable bonds is 5. The molecule has 2 amide bonds. The molecule has 2 N–H and O–H groups in total. The van der Waals surface area contributed by atoms with E-state index in [-0.39, 0.29) is 18.2 Å². The van der Waals surface area contributed by atoms with E-state index < -0.39 is 0 Å². The van der Waals surface area contributed by atoms with Crippen molar-refractivity contribution in [2.24, 2.45) is 0 Å². The molecule has 2 aliphatic heterocycles. The number of likely N-dealkylation sites (tertiary alicyclic amines) is 1. The highest BCUT2D eigenvalue weighted by Gasteiger charge is 2.32. The molecule has 1 saturated carbocycles. The molecule has 2 saturated heterocycles. The van der Waals surface area contributed by atoms with E-state index >= 15 is 0 Å². The second-order valence-electron chi connectivity index (χ2n) is 7.23. The Hall–Kier alpha value is -1.60. The van der Waals surface area contributed by atoms with Crippen LogP contribution in [0.25, 0.3) is 0 Å². The molecule has 132 valence electrons. The zero-order chi connectivity index (χ0) is 16.4. The van der Waals surface area contributed by atoms with Gasteiger partial charge in [0.25, 0.3) is 0 Å². The molecule has 1 aromatic rings. The van der Waals surface area contributed by atoms with Crippen LogP contribution in [0.4, 0.5) is 10.5 Å². The molecular formula is C17H27N5O2. The molecular weight excluding hydrogens is 306 g/mol. The summed E-state index contributed by atoms with van der Waals surface area (Å²) >= 11 is 0. The van der Waals surface area contributed by atoms with Crippen molar-refractivity contribution in [2.75, 3.05) is 25.0 Å².